The Morgan fingerprint density at radius 2 is 1.94 bits per heavy atom. The summed E-state index contributed by atoms with van der Waals surface area (Å²) in [7, 11) is 1.60. The number of benzene rings is 2. The molecule has 0 fully saturated rings. The molecular formula is C22H16N6O2S. The van der Waals surface area contributed by atoms with Crippen molar-refractivity contribution >= 4 is 45.7 Å². The minimum absolute atomic E-state index is 0.211. The van der Waals surface area contributed by atoms with Crippen LogP contribution in [0, 0.1) is 4.77 Å². The molecule has 0 aliphatic rings. The van der Waals surface area contributed by atoms with Crippen LogP contribution in [0.2, 0.25) is 0 Å². The smallest absolute Gasteiger partial charge is 0.261 e. The first-order valence-corrected chi connectivity index (χ1v) is 9.85. The molecule has 0 atom stereocenters. The summed E-state index contributed by atoms with van der Waals surface area (Å²) in [6.07, 6.45) is 3.31. The van der Waals surface area contributed by atoms with Crippen LogP contribution in [0.25, 0.3) is 27.8 Å². The molecule has 0 aliphatic heterocycles. The lowest BCUT2D eigenvalue weighted by Crippen LogP contribution is -2.19. The van der Waals surface area contributed by atoms with E-state index in [1.54, 1.807) is 43.8 Å². The van der Waals surface area contributed by atoms with Crippen LogP contribution in [-0.2, 0) is 7.05 Å². The highest BCUT2D eigenvalue weighted by Crippen LogP contribution is 2.18. The van der Waals surface area contributed by atoms with Crippen LogP contribution >= 0.6 is 12.2 Å². The number of aromatic amines is 1. The average Bonchev–Trinajstić information content (AvgIpc) is 3.22. The zero-order chi connectivity index (χ0) is 21.5. The highest BCUT2D eigenvalue weighted by molar-refractivity contribution is 7.71. The third kappa shape index (κ3) is 3.30. The van der Waals surface area contributed by atoms with Gasteiger partial charge in [0.05, 0.1) is 33.8 Å². The standard InChI is InChI=1S/C22H16N6O2S/c1-27-21(30)15-8-6-13(10-17(15)26-22(27)31)20(29)25-14-7-9-19(23-11-14)28-12-24-16-4-2-3-5-18(16)28/h2-12H,1H3,(H,25,29)(H,26,31). The molecule has 3 heterocycles. The number of H-pyrrole nitrogens is 1. The van der Waals surface area contributed by atoms with Crippen molar-refractivity contribution in [2.24, 2.45) is 7.05 Å². The van der Waals surface area contributed by atoms with Gasteiger partial charge in [0.25, 0.3) is 11.5 Å². The summed E-state index contributed by atoms with van der Waals surface area (Å²) in [5.74, 6) is 0.380. The zero-order valence-electron chi connectivity index (χ0n) is 16.4. The fourth-order valence-corrected chi connectivity index (χ4v) is 3.59. The molecule has 8 nitrogen and oxygen atoms in total. The Morgan fingerprint density at radius 3 is 2.74 bits per heavy atom. The van der Waals surface area contributed by atoms with E-state index in [0.29, 0.717) is 32.7 Å². The molecule has 0 saturated carbocycles. The van der Waals surface area contributed by atoms with Gasteiger partial charge in [-0.1, -0.05) is 12.1 Å². The van der Waals surface area contributed by atoms with E-state index < -0.39 is 0 Å². The van der Waals surface area contributed by atoms with Crippen LogP contribution in [0.5, 0.6) is 0 Å². The summed E-state index contributed by atoms with van der Waals surface area (Å²) >= 11 is 5.15. The molecule has 0 bridgehead atoms. The Bertz CT molecular complexity index is 1580. The maximum Gasteiger partial charge on any atom is 0.261 e. The van der Waals surface area contributed by atoms with Gasteiger partial charge in [0.15, 0.2) is 4.77 Å². The first-order valence-electron chi connectivity index (χ1n) is 9.44. The molecule has 2 N–H and O–H groups in total. The van der Waals surface area contributed by atoms with E-state index in [-0.39, 0.29) is 11.5 Å². The summed E-state index contributed by atoms with van der Waals surface area (Å²) in [5, 5.41) is 3.29. The number of hydrogen-bond donors (Lipinski definition) is 2. The van der Waals surface area contributed by atoms with E-state index in [1.165, 1.54) is 4.57 Å². The second kappa shape index (κ2) is 7.29. The topological polar surface area (TPSA) is 97.6 Å². The number of nitrogens with one attached hydrogen (secondary N) is 2. The lowest BCUT2D eigenvalue weighted by atomic mass is 10.1. The summed E-state index contributed by atoms with van der Waals surface area (Å²) in [4.78, 5) is 36.8. The normalized spacial score (nSPS) is 11.1. The molecule has 0 aliphatic carbocycles. The van der Waals surface area contributed by atoms with Crippen LogP contribution in [0.15, 0.2) is 71.9 Å². The van der Waals surface area contributed by atoms with E-state index in [9.17, 15) is 9.59 Å². The van der Waals surface area contributed by atoms with Gasteiger partial charge in [0, 0.05) is 12.6 Å². The van der Waals surface area contributed by atoms with Gasteiger partial charge >= 0.3 is 0 Å². The second-order valence-electron chi connectivity index (χ2n) is 7.02. The minimum Gasteiger partial charge on any atom is -0.332 e. The van der Waals surface area contributed by atoms with Gasteiger partial charge in [0.1, 0.15) is 12.1 Å². The molecule has 0 saturated heterocycles. The van der Waals surface area contributed by atoms with Crippen LogP contribution in [-0.4, -0.2) is 30.0 Å². The molecule has 2 aromatic carbocycles. The fraction of sp³-hybridized carbons (Fsp3) is 0.0455. The number of hydrogen-bond acceptors (Lipinski definition) is 5. The predicted octanol–water partition coefficient (Wildman–Crippen LogP) is 3.58. The van der Waals surface area contributed by atoms with Crippen molar-refractivity contribution in [3.8, 4) is 5.82 Å². The summed E-state index contributed by atoms with van der Waals surface area (Å²) in [6, 6.07) is 16.2. The number of nitrogens with zero attached hydrogens (tertiary/aromatic N) is 4. The van der Waals surface area contributed by atoms with Crippen molar-refractivity contribution in [2.75, 3.05) is 5.32 Å². The molecular weight excluding hydrogens is 412 g/mol. The van der Waals surface area contributed by atoms with E-state index in [1.807, 2.05) is 34.9 Å². The number of imidazole rings is 1. The highest BCUT2D eigenvalue weighted by atomic mass is 32.1. The van der Waals surface area contributed by atoms with Crippen molar-refractivity contribution in [3.63, 3.8) is 0 Å². The van der Waals surface area contributed by atoms with E-state index in [2.05, 4.69) is 20.3 Å². The minimum atomic E-state index is -0.315. The maximum atomic E-state index is 12.7. The lowest BCUT2D eigenvalue weighted by Gasteiger charge is -2.08. The summed E-state index contributed by atoms with van der Waals surface area (Å²) in [5.41, 5.74) is 3.09. The quantitative estimate of drug-likeness (QED) is 0.428. The molecule has 152 valence electrons. The largest absolute Gasteiger partial charge is 0.332 e. The number of para-hydroxylation sites is 2. The molecule has 0 radical (unpaired) electrons. The average molecular weight is 428 g/mol. The van der Waals surface area contributed by atoms with Gasteiger partial charge in [-0.25, -0.2) is 9.97 Å². The van der Waals surface area contributed by atoms with Crippen molar-refractivity contribution in [1.29, 1.82) is 0 Å². The van der Waals surface area contributed by atoms with Crippen LogP contribution in [0.4, 0.5) is 5.69 Å². The van der Waals surface area contributed by atoms with Gasteiger partial charge in [-0.2, -0.15) is 0 Å². The molecule has 5 aromatic rings. The number of fused-ring (bicyclic) bond motifs is 2. The van der Waals surface area contributed by atoms with E-state index in [0.717, 1.165) is 11.0 Å². The van der Waals surface area contributed by atoms with E-state index >= 15 is 0 Å². The molecule has 3 aromatic heterocycles. The van der Waals surface area contributed by atoms with Crippen molar-refractivity contribution in [1.82, 2.24) is 24.1 Å². The SMILES string of the molecule is Cn1c(=S)[nH]c2cc(C(=O)Nc3ccc(-n4cnc5ccccc54)nc3)ccc2c1=O. The van der Waals surface area contributed by atoms with Crippen LogP contribution in [0.3, 0.4) is 0 Å². The number of carbonyl (C=O) groups excluding carboxylic acids is 1. The van der Waals surface area contributed by atoms with Gasteiger partial charge in [-0.15, -0.1) is 0 Å². The molecule has 9 heteroatoms. The Balaban J connectivity index is 1.41. The molecule has 5 rings (SSSR count). The van der Waals surface area contributed by atoms with Crippen molar-refractivity contribution < 1.29 is 4.79 Å². The first-order chi connectivity index (χ1) is 15.0. The zero-order valence-corrected chi connectivity index (χ0v) is 17.2. The third-order valence-corrected chi connectivity index (χ3v) is 5.45. The van der Waals surface area contributed by atoms with Gasteiger partial charge < -0.3 is 10.3 Å². The Hall–Kier alpha value is -4.11. The van der Waals surface area contributed by atoms with Crippen molar-refractivity contribution in [3.05, 3.63) is 87.8 Å². The van der Waals surface area contributed by atoms with Gasteiger partial charge in [0.2, 0.25) is 0 Å². The van der Waals surface area contributed by atoms with Crippen LogP contribution in [0.1, 0.15) is 10.4 Å². The van der Waals surface area contributed by atoms with Gasteiger partial charge in [-0.3, -0.25) is 18.7 Å². The second-order valence-corrected chi connectivity index (χ2v) is 7.40. The first kappa shape index (κ1) is 18.9. The predicted molar refractivity (Wildman–Crippen MR) is 121 cm³/mol. The monoisotopic (exact) mass is 428 g/mol. The summed E-state index contributed by atoms with van der Waals surface area (Å²) in [6.45, 7) is 0. The Kier molecular flexibility index (Phi) is 4.45. The Labute approximate surface area is 180 Å². The number of carbonyl (C=O) groups is 1. The number of pyridine rings is 1. The lowest BCUT2D eigenvalue weighted by molar-refractivity contribution is 0.102. The number of anilines is 1. The number of aromatic nitrogens is 5. The van der Waals surface area contributed by atoms with E-state index in [4.69, 9.17) is 12.2 Å². The third-order valence-electron chi connectivity index (χ3n) is 5.07. The number of rotatable bonds is 3. The van der Waals surface area contributed by atoms with Crippen molar-refractivity contribution in [2.45, 2.75) is 0 Å². The van der Waals surface area contributed by atoms with Gasteiger partial charge in [-0.05, 0) is 54.7 Å². The summed E-state index contributed by atoms with van der Waals surface area (Å²) < 4.78 is 3.53. The maximum absolute atomic E-state index is 12.7. The number of amides is 1. The highest BCUT2D eigenvalue weighted by Gasteiger charge is 2.11. The van der Waals surface area contributed by atoms with Crippen LogP contribution < -0.4 is 10.9 Å². The Morgan fingerprint density at radius 1 is 1.10 bits per heavy atom. The fourth-order valence-electron chi connectivity index (χ4n) is 3.39. The molecule has 31 heavy (non-hydrogen) atoms. The molecule has 1 amide bonds. The molecule has 0 unspecified atom stereocenters. The molecule has 0 spiro atoms.